The number of carboxylic acid groups (broad SMARTS) is 1. The summed E-state index contributed by atoms with van der Waals surface area (Å²) < 4.78 is 4.95. The summed E-state index contributed by atoms with van der Waals surface area (Å²) in [5, 5.41) is 9.37. The van der Waals surface area contributed by atoms with E-state index in [1.165, 1.54) is 0 Å². The van der Waals surface area contributed by atoms with E-state index in [0.717, 1.165) is 0 Å². The smallest absolute Gasteiger partial charge is 0.341 e. The molecule has 92 valence electrons. The van der Waals surface area contributed by atoms with Crippen molar-refractivity contribution in [3.8, 4) is 5.88 Å². The van der Waals surface area contributed by atoms with Crippen LogP contribution >= 0.6 is 11.6 Å². The van der Waals surface area contributed by atoms with Gasteiger partial charge in [0.1, 0.15) is 0 Å². The van der Waals surface area contributed by atoms with Gasteiger partial charge in [-0.3, -0.25) is 4.79 Å². The van der Waals surface area contributed by atoms with Crippen molar-refractivity contribution in [2.24, 2.45) is 0 Å². The molecule has 0 spiro atoms. The Labute approximate surface area is 107 Å². The molecule has 1 heterocycles. The fraction of sp³-hybridized carbons (Fsp3) is 0.0833. The maximum absolute atomic E-state index is 11.0. The summed E-state index contributed by atoms with van der Waals surface area (Å²) in [6.45, 7) is -0.581. The van der Waals surface area contributed by atoms with Gasteiger partial charge in [-0.25, -0.2) is 9.78 Å². The van der Waals surface area contributed by atoms with Crippen LogP contribution in [0.3, 0.4) is 0 Å². The number of hydrogen-bond acceptors (Lipinski definition) is 4. The van der Waals surface area contributed by atoms with Gasteiger partial charge in [0, 0.05) is 5.39 Å². The molecule has 0 aliphatic carbocycles. The van der Waals surface area contributed by atoms with Gasteiger partial charge in [-0.2, -0.15) is 0 Å². The van der Waals surface area contributed by atoms with Crippen LogP contribution in [0.1, 0.15) is 10.4 Å². The second-order valence-corrected chi connectivity index (χ2v) is 3.84. The molecular formula is C12H8ClNO4. The van der Waals surface area contributed by atoms with E-state index in [1.807, 2.05) is 0 Å². The minimum atomic E-state index is -1.15. The monoisotopic (exact) mass is 265 g/mol. The van der Waals surface area contributed by atoms with Crippen LogP contribution in [-0.2, 0) is 4.79 Å². The Morgan fingerprint density at radius 3 is 2.83 bits per heavy atom. The van der Waals surface area contributed by atoms with E-state index in [-0.39, 0.29) is 16.5 Å². The number of carbonyl (C=O) groups is 2. The first-order valence-corrected chi connectivity index (χ1v) is 5.39. The maximum Gasteiger partial charge on any atom is 0.341 e. The van der Waals surface area contributed by atoms with Gasteiger partial charge in [-0.1, -0.05) is 29.8 Å². The SMILES string of the molecule is O=Cc1c(OCC(=O)O)nc2ccccc2c1Cl. The van der Waals surface area contributed by atoms with E-state index < -0.39 is 12.6 Å². The lowest BCUT2D eigenvalue weighted by Crippen LogP contribution is -2.11. The molecule has 0 saturated carbocycles. The van der Waals surface area contributed by atoms with E-state index in [2.05, 4.69) is 4.98 Å². The minimum absolute atomic E-state index is 0.0524. The summed E-state index contributed by atoms with van der Waals surface area (Å²) in [4.78, 5) is 25.5. The molecule has 1 aromatic carbocycles. The highest BCUT2D eigenvalue weighted by Gasteiger charge is 2.15. The van der Waals surface area contributed by atoms with Gasteiger partial charge in [0.2, 0.25) is 5.88 Å². The molecule has 0 fully saturated rings. The normalized spacial score (nSPS) is 10.3. The molecule has 2 rings (SSSR count). The fourth-order valence-corrected chi connectivity index (χ4v) is 1.79. The Bertz CT molecular complexity index is 627. The van der Waals surface area contributed by atoms with Crippen LogP contribution in [0.15, 0.2) is 24.3 Å². The average molecular weight is 266 g/mol. The Kier molecular flexibility index (Phi) is 3.43. The highest BCUT2D eigenvalue weighted by Crippen LogP contribution is 2.30. The number of nitrogens with zero attached hydrogens (tertiary/aromatic N) is 1. The molecule has 18 heavy (non-hydrogen) atoms. The van der Waals surface area contributed by atoms with Gasteiger partial charge in [0.15, 0.2) is 12.9 Å². The van der Waals surface area contributed by atoms with Crippen molar-refractivity contribution in [1.82, 2.24) is 4.98 Å². The number of benzene rings is 1. The number of hydrogen-bond donors (Lipinski definition) is 1. The van der Waals surface area contributed by atoms with Gasteiger partial charge < -0.3 is 9.84 Å². The fourth-order valence-electron chi connectivity index (χ4n) is 1.51. The number of carbonyl (C=O) groups excluding carboxylic acids is 1. The topological polar surface area (TPSA) is 76.5 Å². The lowest BCUT2D eigenvalue weighted by molar-refractivity contribution is -0.139. The zero-order valence-electron chi connectivity index (χ0n) is 9.09. The van der Waals surface area contributed by atoms with E-state index in [1.54, 1.807) is 24.3 Å². The van der Waals surface area contributed by atoms with Gasteiger partial charge in [-0.15, -0.1) is 0 Å². The lowest BCUT2D eigenvalue weighted by Gasteiger charge is -2.09. The van der Waals surface area contributed by atoms with Crippen LogP contribution in [0, 0.1) is 0 Å². The highest BCUT2D eigenvalue weighted by molar-refractivity contribution is 6.38. The molecule has 2 aromatic rings. The number of pyridine rings is 1. The molecule has 0 unspecified atom stereocenters. The third-order valence-corrected chi connectivity index (χ3v) is 2.69. The number of aldehydes is 1. The molecule has 0 saturated heterocycles. The maximum atomic E-state index is 11.0. The summed E-state index contributed by atoms with van der Waals surface area (Å²) in [6.07, 6.45) is 0.499. The Morgan fingerprint density at radius 2 is 2.17 bits per heavy atom. The Morgan fingerprint density at radius 1 is 1.44 bits per heavy atom. The number of aliphatic carboxylic acids is 1. The second-order valence-electron chi connectivity index (χ2n) is 3.46. The summed E-state index contributed by atoms with van der Waals surface area (Å²) >= 11 is 6.06. The first-order valence-electron chi connectivity index (χ1n) is 5.01. The summed E-state index contributed by atoms with van der Waals surface area (Å²) in [5.41, 5.74) is 0.588. The largest absolute Gasteiger partial charge is 0.479 e. The third kappa shape index (κ3) is 2.26. The highest BCUT2D eigenvalue weighted by atomic mass is 35.5. The number of rotatable bonds is 4. The molecule has 1 aromatic heterocycles. The van der Waals surface area contributed by atoms with Crippen molar-refractivity contribution in [3.05, 3.63) is 34.9 Å². The number of carboxylic acids is 1. The van der Waals surface area contributed by atoms with Gasteiger partial charge in [0.25, 0.3) is 0 Å². The van der Waals surface area contributed by atoms with Crippen molar-refractivity contribution < 1.29 is 19.4 Å². The van der Waals surface area contributed by atoms with Gasteiger partial charge in [0.05, 0.1) is 16.1 Å². The molecular weight excluding hydrogens is 258 g/mol. The van der Waals surface area contributed by atoms with Crippen LogP contribution < -0.4 is 4.74 Å². The first-order chi connectivity index (χ1) is 8.63. The number of halogens is 1. The summed E-state index contributed by atoms with van der Waals surface area (Å²) in [5.74, 6) is -1.23. The Balaban J connectivity index is 2.57. The average Bonchev–Trinajstić information content (AvgIpc) is 2.36. The predicted octanol–water partition coefficient (Wildman–Crippen LogP) is 2.16. The van der Waals surface area contributed by atoms with Crippen molar-refractivity contribution in [2.45, 2.75) is 0 Å². The molecule has 0 aliphatic rings. The molecule has 0 atom stereocenters. The molecule has 6 heteroatoms. The zero-order chi connectivity index (χ0) is 13.1. The quantitative estimate of drug-likeness (QED) is 0.857. The molecule has 0 aliphatic heterocycles. The molecule has 0 bridgehead atoms. The predicted molar refractivity (Wildman–Crippen MR) is 65.3 cm³/mol. The van der Waals surface area contributed by atoms with Crippen molar-refractivity contribution in [1.29, 1.82) is 0 Å². The number of fused-ring (bicyclic) bond motifs is 1. The summed E-state index contributed by atoms with van der Waals surface area (Å²) in [6, 6.07) is 6.94. The zero-order valence-corrected chi connectivity index (χ0v) is 9.85. The second kappa shape index (κ2) is 5.01. The van der Waals surface area contributed by atoms with Crippen LogP contribution in [0.25, 0.3) is 10.9 Å². The number of ether oxygens (including phenoxy) is 1. The van der Waals surface area contributed by atoms with Crippen LogP contribution in [-0.4, -0.2) is 29.0 Å². The molecule has 0 radical (unpaired) electrons. The van der Waals surface area contributed by atoms with Crippen LogP contribution in [0.2, 0.25) is 5.02 Å². The first kappa shape index (κ1) is 12.3. The van der Waals surface area contributed by atoms with Gasteiger partial charge in [-0.05, 0) is 6.07 Å². The minimum Gasteiger partial charge on any atom is -0.479 e. The number of para-hydroxylation sites is 1. The van der Waals surface area contributed by atoms with Gasteiger partial charge >= 0.3 is 5.97 Å². The van der Waals surface area contributed by atoms with E-state index >= 15 is 0 Å². The standard InChI is InChI=1S/C12H8ClNO4/c13-11-7-3-1-2-4-9(7)14-12(8(11)5-15)18-6-10(16)17/h1-5H,6H2,(H,16,17). The number of aromatic nitrogens is 1. The van der Waals surface area contributed by atoms with Crippen molar-refractivity contribution in [3.63, 3.8) is 0 Å². The van der Waals surface area contributed by atoms with E-state index in [9.17, 15) is 9.59 Å². The van der Waals surface area contributed by atoms with E-state index in [0.29, 0.717) is 17.2 Å². The van der Waals surface area contributed by atoms with Crippen LogP contribution in [0.4, 0.5) is 0 Å². The molecule has 0 amide bonds. The molecule has 1 N–H and O–H groups in total. The van der Waals surface area contributed by atoms with Crippen molar-refractivity contribution >= 4 is 34.8 Å². The Hall–Kier alpha value is -2.14. The van der Waals surface area contributed by atoms with Crippen LogP contribution in [0.5, 0.6) is 5.88 Å². The molecule has 5 nitrogen and oxygen atoms in total. The van der Waals surface area contributed by atoms with E-state index in [4.69, 9.17) is 21.4 Å². The lowest BCUT2D eigenvalue weighted by atomic mass is 10.1. The third-order valence-electron chi connectivity index (χ3n) is 2.28. The van der Waals surface area contributed by atoms with Crippen molar-refractivity contribution in [2.75, 3.05) is 6.61 Å². The summed E-state index contributed by atoms with van der Waals surface area (Å²) in [7, 11) is 0.